The van der Waals surface area contributed by atoms with Gasteiger partial charge in [-0.15, -0.1) is 0 Å². The molecule has 0 aromatic rings. The average molecular weight is 282 g/mol. The SMILES string of the molecule is CCCCCCCCCC.[Ba+2].[H-].[H-]. The summed E-state index contributed by atoms with van der Waals surface area (Å²) in [6, 6.07) is 0. The minimum absolute atomic E-state index is 0. The van der Waals surface area contributed by atoms with E-state index >= 15 is 0 Å². The third kappa shape index (κ3) is 14.4. The van der Waals surface area contributed by atoms with E-state index in [9.17, 15) is 0 Å². The first-order chi connectivity index (χ1) is 4.91. The van der Waals surface area contributed by atoms with Crippen LogP contribution in [0.4, 0.5) is 0 Å². The zero-order valence-electron chi connectivity index (χ0n) is 10.4. The molecule has 0 aromatic heterocycles. The number of hydrogen-bond acceptors (Lipinski definition) is 0. The molecule has 0 aliphatic rings. The van der Waals surface area contributed by atoms with Gasteiger partial charge in [-0.2, -0.15) is 0 Å². The molecule has 0 atom stereocenters. The van der Waals surface area contributed by atoms with Crippen LogP contribution in [0.2, 0.25) is 0 Å². The van der Waals surface area contributed by atoms with Gasteiger partial charge in [-0.25, -0.2) is 0 Å². The topological polar surface area (TPSA) is 0 Å². The van der Waals surface area contributed by atoms with Crippen molar-refractivity contribution in [3.8, 4) is 0 Å². The number of rotatable bonds is 7. The Balaban J connectivity index is -0.000000135. The van der Waals surface area contributed by atoms with Gasteiger partial charge in [0.25, 0.3) is 0 Å². The van der Waals surface area contributed by atoms with Crippen molar-refractivity contribution in [3.05, 3.63) is 0 Å². The van der Waals surface area contributed by atoms with Gasteiger partial charge < -0.3 is 2.85 Å². The summed E-state index contributed by atoms with van der Waals surface area (Å²) in [6.07, 6.45) is 11.5. The van der Waals surface area contributed by atoms with Crippen LogP contribution in [0.5, 0.6) is 0 Å². The molecule has 0 aromatic carbocycles. The van der Waals surface area contributed by atoms with Gasteiger partial charge >= 0.3 is 48.9 Å². The van der Waals surface area contributed by atoms with Crippen molar-refractivity contribution in [1.29, 1.82) is 0 Å². The fraction of sp³-hybridized carbons (Fsp3) is 1.00. The maximum atomic E-state index is 2.27. The van der Waals surface area contributed by atoms with Gasteiger partial charge in [0.1, 0.15) is 0 Å². The van der Waals surface area contributed by atoms with Crippen molar-refractivity contribution in [2.75, 3.05) is 0 Å². The summed E-state index contributed by atoms with van der Waals surface area (Å²) in [5.74, 6) is 0. The fourth-order valence-corrected chi connectivity index (χ4v) is 1.21. The summed E-state index contributed by atoms with van der Waals surface area (Å²) in [7, 11) is 0. The zero-order valence-corrected chi connectivity index (χ0v) is 12.8. The van der Waals surface area contributed by atoms with E-state index in [1.807, 2.05) is 0 Å². The summed E-state index contributed by atoms with van der Waals surface area (Å²) in [6.45, 7) is 4.54. The third-order valence-electron chi connectivity index (χ3n) is 1.96. The molecule has 0 unspecified atom stereocenters. The van der Waals surface area contributed by atoms with Crippen LogP contribution in [0.15, 0.2) is 0 Å². The van der Waals surface area contributed by atoms with Crippen LogP contribution in [0.3, 0.4) is 0 Å². The normalized spacial score (nSPS) is 9.27. The van der Waals surface area contributed by atoms with E-state index in [-0.39, 0.29) is 51.7 Å². The molecule has 0 amide bonds. The summed E-state index contributed by atoms with van der Waals surface area (Å²) in [5, 5.41) is 0. The molecule has 0 radical (unpaired) electrons. The van der Waals surface area contributed by atoms with Crippen LogP contribution in [-0.2, 0) is 0 Å². The number of hydrogen-bond donors (Lipinski definition) is 0. The van der Waals surface area contributed by atoms with Gasteiger partial charge in [-0.3, -0.25) is 0 Å². The number of unbranched alkanes of at least 4 members (excludes halogenated alkanes) is 7. The smallest absolute Gasteiger partial charge is 1.00 e. The van der Waals surface area contributed by atoms with E-state index in [4.69, 9.17) is 0 Å². The summed E-state index contributed by atoms with van der Waals surface area (Å²) >= 11 is 0. The summed E-state index contributed by atoms with van der Waals surface area (Å²) in [5.41, 5.74) is 0. The average Bonchev–Trinajstić information content (AvgIpc) is 1.97. The second-order valence-electron chi connectivity index (χ2n) is 3.12. The molecule has 0 N–H and O–H groups in total. The van der Waals surface area contributed by atoms with Gasteiger partial charge in [-0.1, -0.05) is 65.2 Å². The largest absolute Gasteiger partial charge is 2.00 e. The van der Waals surface area contributed by atoms with E-state index < -0.39 is 0 Å². The molecule has 0 bridgehead atoms. The van der Waals surface area contributed by atoms with Crippen LogP contribution < -0.4 is 0 Å². The predicted octanol–water partition coefficient (Wildman–Crippen LogP) is 3.99. The Morgan fingerprint density at radius 3 is 1.18 bits per heavy atom. The molecule has 0 nitrogen and oxygen atoms in total. The second kappa shape index (κ2) is 14.1. The molecule has 11 heavy (non-hydrogen) atoms. The molecule has 0 saturated carbocycles. The molecule has 0 heterocycles. The first kappa shape index (κ1) is 15.1. The van der Waals surface area contributed by atoms with Crippen molar-refractivity contribution < 1.29 is 2.85 Å². The molecule has 0 rings (SSSR count). The van der Waals surface area contributed by atoms with Gasteiger partial charge in [0.2, 0.25) is 0 Å². The summed E-state index contributed by atoms with van der Waals surface area (Å²) < 4.78 is 0. The Hall–Kier alpha value is 1.57. The maximum absolute atomic E-state index is 2.27. The van der Waals surface area contributed by atoms with Crippen LogP contribution in [0, 0.1) is 0 Å². The van der Waals surface area contributed by atoms with E-state index in [0.717, 1.165) is 0 Å². The van der Waals surface area contributed by atoms with Crippen LogP contribution in [0.1, 0.15) is 68.1 Å². The van der Waals surface area contributed by atoms with Crippen LogP contribution in [0.25, 0.3) is 0 Å². The Morgan fingerprint density at radius 1 is 0.636 bits per heavy atom. The van der Waals surface area contributed by atoms with Crippen LogP contribution >= 0.6 is 0 Å². The molecule has 0 saturated heterocycles. The molecular formula is C10H24Ba. The molecular weight excluding hydrogens is 257 g/mol. The molecule has 0 fully saturated rings. The fourth-order valence-electron chi connectivity index (χ4n) is 1.21. The van der Waals surface area contributed by atoms with Crippen molar-refractivity contribution in [3.63, 3.8) is 0 Å². The first-order valence-corrected chi connectivity index (χ1v) is 4.91. The maximum Gasteiger partial charge on any atom is 2.00 e. The van der Waals surface area contributed by atoms with Crippen LogP contribution in [-0.4, -0.2) is 48.9 Å². The minimum atomic E-state index is 0. The van der Waals surface area contributed by atoms with Crippen molar-refractivity contribution in [2.45, 2.75) is 65.2 Å². The van der Waals surface area contributed by atoms with E-state index in [1.165, 1.54) is 51.4 Å². The van der Waals surface area contributed by atoms with Crippen molar-refractivity contribution in [1.82, 2.24) is 0 Å². The predicted molar refractivity (Wildman–Crippen MR) is 56.3 cm³/mol. The van der Waals surface area contributed by atoms with Gasteiger partial charge in [0, 0.05) is 0 Å². The first-order valence-electron chi connectivity index (χ1n) is 4.91. The van der Waals surface area contributed by atoms with Crippen molar-refractivity contribution in [2.24, 2.45) is 0 Å². The standard InChI is InChI=1S/C10H22.Ba.2H/c1-3-5-7-9-10-8-6-4-2;;;/h3-10H2,1-2H3;;;/q;+2;2*-1. The Bertz CT molecular complexity index is 52.9. The molecule has 0 aliphatic heterocycles. The Morgan fingerprint density at radius 2 is 0.909 bits per heavy atom. The molecule has 1 heteroatoms. The van der Waals surface area contributed by atoms with Gasteiger partial charge in [0.15, 0.2) is 0 Å². The summed E-state index contributed by atoms with van der Waals surface area (Å²) in [4.78, 5) is 0. The molecule has 0 aliphatic carbocycles. The quantitative estimate of drug-likeness (QED) is 0.489. The third-order valence-corrected chi connectivity index (χ3v) is 1.96. The Kier molecular flexibility index (Phi) is 19.3. The van der Waals surface area contributed by atoms with Gasteiger partial charge in [-0.05, 0) is 0 Å². The monoisotopic (exact) mass is 282 g/mol. The van der Waals surface area contributed by atoms with Crippen molar-refractivity contribution >= 4 is 48.9 Å². The van der Waals surface area contributed by atoms with E-state index in [2.05, 4.69) is 13.8 Å². The van der Waals surface area contributed by atoms with Gasteiger partial charge in [0.05, 0.1) is 0 Å². The molecule has 66 valence electrons. The molecule has 0 spiro atoms. The second-order valence-corrected chi connectivity index (χ2v) is 3.12. The Labute approximate surface area is 116 Å². The minimum Gasteiger partial charge on any atom is -1.00 e. The van der Waals surface area contributed by atoms with E-state index in [0.29, 0.717) is 0 Å². The zero-order chi connectivity index (χ0) is 7.66. The van der Waals surface area contributed by atoms with E-state index in [1.54, 1.807) is 0 Å².